The summed E-state index contributed by atoms with van der Waals surface area (Å²) >= 11 is 1.52. The first kappa shape index (κ1) is 24.0. The fourth-order valence-corrected chi connectivity index (χ4v) is 5.96. The molecule has 1 fully saturated rings. The van der Waals surface area contributed by atoms with Gasteiger partial charge in [0.1, 0.15) is 16.5 Å². The van der Waals surface area contributed by atoms with Crippen LogP contribution in [0.3, 0.4) is 0 Å². The molecule has 0 radical (unpaired) electrons. The van der Waals surface area contributed by atoms with E-state index in [-0.39, 0.29) is 11.7 Å². The Hall–Kier alpha value is -2.70. The Balaban J connectivity index is 1.58. The molecular formula is C26H32N6O2S. The number of terminal acetylenes is 1. The lowest BCUT2D eigenvalue weighted by atomic mass is 9.83. The molecule has 9 heteroatoms. The van der Waals surface area contributed by atoms with Gasteiger partial charge >= 0.3 is 0 Å². The number of hydrogen-bond acceptors (Lipinski definition) is 8. The third-order valence-electron chi connectivity index (χ3n) is 7.38. The Bertz CT molecular complexity index is 1290. The maximum Gasteiger partial charge on any atom is 0.185 e. The molecule has 0 spiro atoms. The van der Waals surface area contributed by atoms with Crippen molar-refractivity contribution >= 4 is 28.6 Å². The Morgan fingerprint density at radius 1 is 1.29 bits per heavy atom. The highest BCUT2D eigenvalue weighted by Gasteiger charge is 2.34. The van der Waals surface area contributed by atoms with Crippen molar-refractivity contribution in [1.29, 1.82) is 0 Å². The van der Waals surface area contributed by atoms with E-state index in [2.05, 4.69) is 29.9 Å². The van der Waals surface area contributed by atoms with Crippen LogP contribution in [0.4, 0.5) is 0 Å². The molecular weight excluding hydrogens is 460 g/mol. The van der Waals surface area contributed by atoms with Gasteiger partial charge in [-0.05, 0) is 64.3 Å². The zero-order chi connectivity index (χ0) is 24.5. The maximum absolute atomic E-state index is 12.9. The van der Waals surface area contributed by atoms with E-state index in [9.17, 15) is 4.79 Å². The highest BCUT2D eigenvalue weighted by atomic mass is 32.2. The molecule has 3 aromatic heterocycles. The van der Waals surface area contributed by atoms with Crippen LogP contribution < -0.4 is 0 Å². The van der Waals surface area contributed by atoms with E-state index in [1.807, 2.05) is 10.9 Å². The van der Waals surface area contributed by atoms with Gasteiger partial charge < -0.3 is 9.42 Å². The lowest BCUT2D eigenvalue weighted by Gasteiger charge is -2.19. The number of likely N-dealkylation sites (tertiary alicyclic amines) is 1. The van der Waals surface area contributed by atoms with Gasteiger partial charge in [-0.1, -0.05) is 18.5 Å². The minimum Gasteiger partial charge on any atom is -0.360 e. The number of carbonyl (C=O) groups excluding carboxylic acids is 1. The van der Waals surface area contributed by atoms with Gasteiger partial charge in [0.25, 0.3) is 0 Å². The van der Waals surface area contributed by atoms with Crippen molar-refractivity contribution in [2.75, 3.05) is 19.8 Å². The number of hydrogen-bond donors (Lipinski definition) is 0. The number of nitrogens with zero attached hydrogens (tertiary/aromatic N) is 6. The van der Waals surface area contributed by atoms with Crippen molar-refractivity contribution in [2.45, 2.75) is 81.8 Å². The monoisotopic (exact) mass is 492 g/mol. The highest BCUT2D eigenvalue weighted by Crippen LogP contribution is 2.39. The van der Waals surface area contributed by atoms with Crippen molar-refractivity contribution in [3.63, 3.8) is 0 Å². The van der Waals surface area contributed by atoms with Gasteiger partial charge in [-0.15, -0.1) is 18.2 Å². The molecule has 8 nitrogen and oxygen atoms in total. The van der Waals surface area contributed by atoms with Gasteiger partial charge in [0.2, 0.25) is 0 Å². The molecule has 184 valence electrons. The van der Waals surface area contributed by atoms with Gasteiger partial charge in [0.15, 0.2) is 22.9 Å². The van der Waals surface area contributed by atoms with E-state index >= 15 is 0 Å². The van der Waals surface area contributed by atoms with Crippen molar-refractivity contribution < 1.29 is 9.32 Å². The molecule has 1 aliphatic heterocycles. The average Bonchev–Trinajstić information content (AvgIpc) is 3.59. The summed E-state index contributed by atoms with van der Waals surface area (Å²) in [5.74, 6) is 3.97. The normalized spacial score (nSPS) is 20.3. The molecule has 4 heterocycles. The van der Waals surface area contributed by atoms with E-state index in [0.717, 1.165) is 73.2 Å². The van der Waals surface area contributed by atoms with Gasteiger partial charge in [-0.25, -0.2) is 14.6 Å². The number of aromatic nitrogens is 5. The summed E-state index contributed by atoms with van der Waals surface area (Å²) in [7, 11) is 2.15. The number of rotatable bonds is 8. The second kappa shape index (κ2) is 10.1. The number of ketones is 1. The summed E-state index contributed by atoms with van der Waals surface area (Å²) in [5.41, 5.74) is 2.91. The van der Waals surface area contributed by atoms with Crippen LogP contribution in [0.25, 0.3) is 22.6 Å². The van der Waals surface area contributed by atoms with Crippen molar-refractivity contribution in [2.24, 2.45) is 0 Å². The number of Topliss-reactive ketones (excluding diaryl/α,β-unsaturated/α-hetero) is 1. The second-order valence-corrected chi connectivity index (χ2v) is 10.4. The molecule has 0 amide bonds. The number of unbranched alkanes of at least 4 members (excludes halogenated alkanes) is 1. The Labute approximate surface area is 210 Å². The Morgan fingerprint density at radius 2 is 2.14 bits per heavy atom. The van der Waals surface area contributed by atoms with Crippen LogP contribution in [0.2, 0.25) is 0 Å². The highest BCUT2D eigenvalue weighted by molar-refractivity contribution is 7.98. The fraction of sp³-hybridized carbons (Fsp3) is 0.577. The third kappa shape index (κ3) is 4.38. The first-order chi connectivity index (χ1) is 17.0. The number of fused-ring (bicyclic) bond motifs is 2. The summed E-state index contributed by atoms with van der Waals surface area (Å²) in [6.45, 7) is 3.92. The summed E-state index contributed by atoms with van der Waals surface area (Å²) in [4.78, 5) is 25.0. The predicted molar refractivity (Wildman–Crippen MR) is 136 cm³/mol. The van der Waals surface area contributed by atoms with Crippen molar-refractivity contribution in [1.82, 2.24) is 29.8 Å². The summed E-state index contributed by atoms with van der Waals surface area (Å²) in [6, 6.07) is 0.398. The van der Waals surface area contributed by atoms with Crippen molar-refractivity contribution in [3.05, 3.63) is 17.0 Å². The molecule has 0 bridgehead atoms. The van der Waals surface area contributed by atoms with Crippen LogP contribution in [-0.4, -0.2) is 61.5 Å². The zero-order valence-electron chi connectivity index (χ0n) is 20.7. The molecule has 0 N–H and O–H groups in total. The maximum atomic E-state index is 12.9. The van der Waals surface area contributed by atoms with E-state index in [1.165, 1.54) is 18.2 Å². The molecule has 3 aromatic rings. The molecule has 35 heavy (non-hydrogen) atoms. The molecule has 2 unspecified atom stereocenters. The molecule has 1 aliphatic carbocycles. The number of likely N-dealkylation sites (N-methyl/N-ethyl adjacent to an activating group) is 1. The van der Waals surface area contributed by atoms with Crippen LogP contribution in [0.15, 0.2) is 9.55 Å². The van der Waals surface area contributed by atoms with Gasteiger partial charge in [0, 0.05) is 18.0 Å². The van der Waals surface area contributed by atoms with Gasteiger partial charge in [-0.2, -0.15) is 5.10 Å². The van der Waals surface area contributed by atoms with E-state index < -0.39 is 0 Å². The average molecular weight is 493 g/mol. The first-order valence-electron chi connectivity index (χ1n) is 12.6. The lowest BCUT2D eigenvalue weighted by molar-refractivity contribution is -0.121. The Kier molecular flexibility index (Phi) is 6.94. The predicted octanol–water partition coefficient (Wildman–Crippen LogP) is 4.46. The second-order valence-electron chi connectivity index (χ2n) is 9.60. The van der Waals surface area contributed by atoms with Crippen molar-refractivity contribution in [3.8, 4) is 23.9 Å². The summed E-state index contributed by atoms with van der Waals surface area (Å²) in [5, 5.41) is 10.7. The molecule has 2 aliphatic rings. The SMILES string of the molecule is C#Cc1nn(CC2CCCN2C)c2nc(-c3noc4c3CCCC4C(=O)CCCC)nc(SC)c12. The lowest BCUT2D eigenvalue weighted by Crippen LogP contribution is -2.29. The van der Waals surface area contributed by atoms with E-state index in [1.54, 1.807) is 0 Å². The zero-order valence-corrected chi connectivity index (χ0v) is 21.5. The van der Waals surface area contributed by atoms with E-state index in [0.29, 0.717) is 35.4 Å². The van der Waals surface area contributed by atoms with Crippen LogP contribution in [0, 0.1) is 12.3 Å². The first-order valence-corrected chi connectivity index (χ1v) is 13.8. The largest absolute Gasteiger partial charge is 0.360 e. The van der Waals surface area contributed by atoms with Crippen LogP contribution in [-0.2, 0) is 17.8 Å². The number of carbonyl (C=O) groups is 1. The summed E-state index contributed by atoms with van der Waals surface area (Å²) in [6.07, 6.45) is 15.2. The third-order valence-corrected chi connectivity index (χ3v) is 8.06. The molecule has 1 saturated heterocycles. The van der Waals surface area contributed by atoms with Crippen LogP contribution >= 0.6 is 11.8 Å². The Morgan fingerprint density at radius 3 is 2.86 bits per heavy atom. The number of thioether (sulfide) groups is 1. The van der Waals surface area contributed by atoms with Gasteiger partial charge in [-0.3, -0.25) is 4.79 Å². The van der Waals surface area contributed by atoms with E-state index in [4.69, 9.17) is 26.0 Å². The van der Waals surface area contributed by atoms with Crippen LogP contribution in [0.1, 0.15) is 74.8 Å². The standard InChI is InChI=1S/C26H32N6O2S/c1-5-7-13-20(33)17-11-8-12-18-22(30-34-23(17)18)24-27-25-21(26(28-24)35-4)19(6-2)29-32(25)15-16-10-9-14-31(16)3/h2,16-17H,5,7-15H2,1,3-4H3. The minimum atomic E-state index is -0.216. The fourth-order valence-electron chi connectivity index (χ4n) is 5.39. The minimum absolute atomic E-state index is 0.216. The van der Waals surface area contributed by atoms with Crippen LogP contribution in [0.5, 0.6) is 0 Å². The quantitative estimate of drug-likeness (QED) is 0.259. The molecule has 2 atom stereocenters. The molecule has 0 saturated carbocycles. The summed E-state index contributed by atoms with van der Waals surface area (Å²) < 4.78 is 7.74. The smallest absolute Gasteiger partial charge is 0.185 e. The molecule has 0 aromatic carbocycles. The topological polar surface area (TPSA) is 89.9 Å². The van der Waals surface area contributed by atoms with Gasteiger partial charge in [0.05, 0.1) is 17.8 Å². The molecule has 5 rings (SSSR count).